The molecule has 1 aliphatic heterocycles. The van der Waals surface area contributed by atoms with Gasteiger partial charge in [-0.05, 0) is 36.4 Å². The predicted octanol–water partition coefficient (Wildman–Crippen LogP) is 3.45. The molecule has 114 valence electrons. The van der Waals surface area contributed by atoms with Crippen LogP contribution in [0.25, 0.3) is 0 Å². The van der Waals surface area contributed by atoms with Crippen molar-refractivity contribution in [3.63, 3.8) is 0 Å². The van der Waals surface area contributed by atoms with Crippen LogP contribution >= 0.6 is 11.6 Å². The first kappa shape index (κ1) is 14.7. The molecular weight excluding hydrogens is 300 g/mol. The first-order valence-electron chi connectivity index (χ1n) is 7.08. The maximum Gasteiger partial charge on any atom is 0.258 e. The summed E-state index contributed by atoms with van der Waals surface area (Å²) in [6, 6.07) is 12.9. The molecule has 0 saturated heterocycles. The zero-order chi connectivity index (χ0) is 15.7. The van der Waals surface area contributed by atoms with E-state index in [1.807, 2.05) is 43.3 Å². The number of carbonyl (C=O) groups excluding carboxylic acids is 1. The van der Waals surface area contributed by atoms with Crippen LogP contribution in [-0.4, -0.2) is 33.2 Å². The lowest BCUT2D eigenvalue weighted by molar-refractivity contribution is 0.0976. The molecule has 1 heterocycles. The van der Waals surface area contributed by atoms with Crippen molar-refractivity contribution in [1.29, 1.82) is 0 Å². The Morgan fingerprint density at radius 1 is 1.23 bits per heavy atom. The van der Waals surface area contributed by atoms with Gasteiger partial charge in [0.05, 0.1) is 12.2 Å². The van der Waals surface area contributed by atoms with Gasteiger partial charge in [0.25, 0.3) is 5.91 Å². The average molecular weight is 317 g/mol. The van der Waals surface area contributed by atoms with Gasteiger partial charge in [-0.2, -0.15) is 0 Å². The van der Waals surface area contributed by atoms with Gasteiger partial charge in [-0.15, -0.1) is 0 Å². The first-order valence-corrected chi connectivity index (χ1v) is 7.45. The molecule has 3 rings (SSSR count). The zero-order valence-electron chi connectivity index (χ0n) is 12.5. The Balaban J connectivity index is 1.97. The molecule has 5 heteroatoms. The second-order valence-corrected chi connectivity index (χ2v) is 5.80. The number of nitrogens with zero attached hydrogens (tertiary/aromatic N) is 2. The number of amides is 1. The number of fused-ring (bicyclic) bond motifs is 1. The summed E-state index contributed by atoms with van der Waals surface area (Å²) < 4.78 is 5.60. The third-order valence-corrected chi connectivity index (χ3v) is 3.87. The zero-order valence-corrected chi connectivity index (χ0v) is 13.3. The highest BCUT2D eigenvalue weighted by atomic mass is 35.5. The Bertz CT molecular complexity index is 716. The van der Waals surface area contributed by atoms with Gasteiger partial charge in [-0.25, -0.2) is 0 Å². The minimum atomic E-state index is -0.0458. The van der Waals surface area contributed by atoms with Crippen molar-refractivity contribution in [3.8, 4) is 5.75 Å². The van der Waals surface area contributed by atoms with Crippen LogP contribution in [-0.2, 0) is 0 Å². The molecule has 0 unspecified atom stereocenters. The fraction of sp³-hybridized carbons (Fsp3) is 0.235. The van der Waals surface area contributed by atoms with E-state index in [-0.39, 0.29) is 5.91 Å². The normalized spacial score (nSPS) is 13.3. The van der Waals surface area contributed by atoms with Gasteiger partial charge in [0, 0.05) is 30.4 Å². The van der Waals surface area contributed by atoms with Crippen LogP contribution in [0.1, 0.15) is 10.4 Å². The van der Waals surface area contributed by atoms with Crippen LogP contribution in [0.5, 0.6) is 5.75 Å². The molecule has 0 N–H and O–H groups in total. The van der Waals surface area contributed by atoms with Gasteiger partial charge in [0.1, 0.15) is 12.4 Å². The van der Waals surface area contributed by atoms with E-state index in [2.05, 4.69) is 0 Å². The van der Waals surface area contributed by atoms with Crippen LogP contribution in [0.2, 0.25) is 5.02 Å². The number of hydrogen-bond acceptors (Lipinski definition) is 3. The van der Waals surface area contributed by atoms with Gasteiger partial charge in [0.2, 0.25) is 0 Å². The van der Waals surface area contributed by atoms with Crippen molar-refractivity contribution in [1.82, 2.24) is 0 Å². The van der Waals surface area contributed by atoms with Crippen LogP contribution in [0.3, 0.4) is 0 Å². The van der Waals surface area contributed by atoms with Crippen molar-refractivity contribution < 1.29 is 9.53 Å². The fourth-order valence-corrected chi connectivity index (χ4v) is 2.64. The van der Waals surface area contributed by atoms with Crippen LogP contribution in [0.4, 0.5) is 11.4 Å². The van der Waals surface area contributed by atoms with E-state index in [0.29, 0.717) is 29.5 Å². The molecule has 0 atom stereocenters. The molecule has 0 saturated carbocycles. The third kappa shape index (κ3) is 2.74. The Morgan fingerprint density at radius 3 is 2.82 bits per heavy atom. The summed E-state index contributed by atoms with van der Waals surface area (Å²) in [7, 11) is 3.90. The second kappa shape index (κ2) is 5.89. The van der Waals surface area contributed by atoms with Crippen molar-refractivity contribution in [2.75, 3.05) is 37.0 Å². The summed E-state index contributed by atoms with van der Waals surface area (Å²) in [5.74, 6) is 0.642. The number of halogens is 1. The maximum atomic E-state index is 12.9. The molecule has 22 heavy (non-hydrogen) atoms. The SMILES string of the molecule is CN(C)c1cccc(C(=O)N2CCOc3ccc(Cl)cc32)c1. The van der Waals surface area contributed by atoms with Crippen LogP contribution < -0.4 is 14.5 Å². The monoisotopic (exact) mass is 316 g/mol. The van der Waals surface area contributed by atoms with Gasteiger partial charge >= 0.3 is 0 Å². The summed E-state index contributed by atoms with van der Waals surface area (Å²) in [5, 5.41) is 0.587. The summed E-state index contributed by atoms with van der Waals surface area (Å²) in [6.45, 7) is 0.992. The number of rotatable bonds is 2. The minimum absolute atomic E-state index is 0.0458. The summed E-state index contributed by atoms with van der Waals surface area (Å²) in [5.41, 5.74) is 2.36. The van der Waals surface area contributed by atoms with E-state index in [1.165, 1.54) is 0 Å². The molecule has 2 aromatic rings. The molecule has 4 nitrogen and oxygen atoms in total. The summed E-state index contributed by atoms with van der Waals surface area (Å²) in [4.78, 5) is 16.6. The van der Waals surface area contributed by atoms with Gasteiger partial charge in [0.15, 0.2) is 0 Å². The molecule has 0 spiro atoms. The highest BCUT2D eigenvalue weighted by molar-refractivity contribution is 6.31. The lowest BCUT2D eigenvalue weighted by Crippen LogP contribution is -2.38. The number of ether oxygens (including phenoxy) is 1. The van der Waals surface area contributed by atoms with Crippen molar-refractivity contribution in [2.45, 2.75) is 0 Å². The predicted molar refractivity (Wildman–Crippen MR) is 89.4 cm³/mol. The van der Waals surface area contributed by atoms with E-state index >= 15 is 0 Å². The summed E-state index contributed by atoms with van der Waals surface area (Å²) in [6.07, 6.45) is 0. The largest absolute Gasteiger partial charge is 0.490 e. The Labute approximate surface area is 134 Å². The van der Waals surface area contributed by atoms with E-state index in [9.17, 15) is 4.79 Å². The minimum Gasteiger partial charge on any atom is -0.490 e. The number of anilines is 2. The first-order chi connectivity index (χ1) is 10.6. The molecule has 1 aliphatic rings. The van der Waals surface area contributed by atoms with E-state index in [1.54, 1.807) is 23.1 Å². The smallest absolute Gasteiger partial charge is 0.258 e. The van der Waals surface area contributed by atoms with Crippen molar-refractivity contribution >= 4 is 28.9 Å². The molecule has 0 radical (unpaired) electrons. The molecule has 1 amide bonds. The Kier molecular flexibility index (Phi) is 3.94. The van der Waals surface area contributed by atoms with Crippen molar-refractivity contribution in [3.05, 3.63) is 53.1 Å². The molecule has 2 aromatic carbocycles. The quantitative estimate of drug-likeness (QED) is 0.851. The molecular formula is C17H17ClN2O2. The second-order valence-electron chi connectivity index (χ2n) is 5.36. The molecule has 0 fully saturated rings. The number of carbonyl (C=O) groups is 1. The Morgan fingerprint density at radius 2 is 2.05 bits per heavy atom. The van der Waals surface area contributed by atoms with E-state index in [4.69, 9.17) is 16.3 Å². The van der Waals surface area contributed by atoms with E-state index in [0.717, 1.165) is 11.4 Å². The van der Waals surface area contributed by atoms with Crippen molar-refractivity contribution in [2.24, 2.45) is 0 Å². The summed E-state index contributed by atoms with van der Waals surface area (Å²) >= 11 is 6.06. The van der Waals surface area contributed by atoms with Crippen LogP contribution in [0.15, 0.2) is 42.5 Å². The highest BCUT2D eigenvalue weighted by Crippen LogP contribution is 2.35. The lowest BCUT2D eigenvalue weighted by atomic mass is 10.1. The molecule has 0 aliphatic carbocycles. The van der Waals surface area contributed by atoms with Gasteiger partial charge < -0.3 is 14.5 Å². The fourth-order valence-electron chi connectivity index (χ4n) is 2.47. The number of hydrogen-bond donors (Lipinski definition) is 0. The number of benzene rings is 2. The lowest BCUT2D eigenvalue weighted by Gasteiger charge is -2.30. The topological polar surface area (TPSA) is 32.8 Å². The average Bonchev–Trinajstić information content (AvgIpc) is 2.53. The standard InChI is InChI=1S/C17H17ClN2O2/c1-19(2)14-5-3-4-12(10-14)17(21)20-8-9-22-16-7-6-13(18)11-15(16)20/h3-7,10-11H,8-9H2,1-2H3. The molecule has 0 aromatic heterocycles. The highest BCUT2D eigenvalue weighted by Gasteiger charge is 2.25. The Hall–Kier alpha value is -2.20. The third-order valence-electron chi connectivity index (χ3n) is 3.64. The van der Waals surface area contributed by atoms with Gasteiger partial charge in [-0.3, -0.25) is 4.79 Å². The maximum absolute atomic E-state index is 12.9. The van der Waals surface area contributed by atoms with Gasteiger partial charge in [-0.1, -0.05) is 17.7 Å². The molecule has 0 bridgehead atoms. The van der Waals surface area contributed by atoms with E-state index < -0.39 is 0 Å². The van der Waals surface area contributed by atoms with Crippen LogP contribution in [0, 0.1) is 0 Å².